The van der Waals surface area contributed by atoms with E-state index in [9.17, 15) is 14.7 Å². The van der Waals surface area contributed by atoms with Gasteiger partial charge < -0.3 is 14.7 Å². The molecule has 0 aliphatic carbocycles. The van der Waals surface area contributed by atoms with Crippen molar-refractivity contribution < 1.29 is 19.4 Å². The molecule has 28 heavy (non-hydrogen) atoms. The molecule has 3 aliphatic heterocycles. The van der Waals surface area contributed by atoms with Gasteiger partial charge in [-0.3, -0.25) is 9.69 Å². The summed E-state index contributed by atoms with van der Waals surface area (Å²) in [6.07, 6.45) is 7.17. The molecule has 1 aromatic heterocycles. The van der Waals surface area contributed by atoms with Crippen LogP contribution in [0.2, 0.25) is 0 Å². The van der Waals surface area contributed by atoms with E-state index in [0.717, 1.165) is 42.8 Å². The summed E-state index contributed by atoms with van der Waals surface area (Å²) in [5, 5.41) is 9.35. The number of thiophene rings is 1. The van der Waals surface area contributed by atoms with Crippen LogP contribution in [0.25, 0.3) is 0 Å². The normalized spacial score (nSPS) is 23.8. The number of carbonyl (C=O) groups is 2. The predicted molar refractivity (Wildman–Crippen MR) is 108 cm³/mol. The number of aromatic carboxylic acids is 1. The molecule has 1 amide bonds. The molecule has 1 atom stereocenters. The number of ether oxygens (including phenoxy) is 1. The van der Waals surface area contributed by atoms with Gasteiger partial charge in [-0.05, 0) is 63.7 Å². The number of likely N-dealkylation sites (tertiary alicyclic amines) is 2. The highest BCUT2D eigenvalue weighted by Crippen LogP contribution is 2.45. The number of hydrogen-bond donors (Lipinski definition) is 1. The summed E-state index contributed by atoms with van der Waals surface area (Å²) in [6.45, 7) is 6.06. The van der Waals surface area contributed by atoms with E-state index in [1.165, 1.54) is 37.0 Å². The van der Waals surface area contributed by atoms with Crippen molar-refractivity contribution in [3.05, 3.63) is 21.4 Å². The number of rotatable bonds is 3. The van der Waals surface area contributed by atoms with Crippen LogP contribution in [-0.4, -0.2) is 65.6 Å². The monoisotopic (exact) mass is 406 g/mol. The van der Waals surface area contributed by atoms with Gasteiger partial charge in [0.1, 0.15) is 10.5 Å². The molecular weight excluding hydrogens is 376 g/mol. The molecule has 0 radical (unpaired) electrons. The zero-order valence-electron chi connectivity index (χ0n) is 16.6. The van der Waals surface area contributed by atoms with Crippen molar-refractivity contribution in [3.63, 3.8) is 0 Å². The number of piperidine rings is 1. The first-order valence-corrected chi connectivity index (χ1v) is 11.4. The van der Waals surface area contributed by atoms with Crippen LogP contribution in [0.4, 0.5) is 0 Å². The van der Waals surface area contributed by atoms with Crippen molar-refractivity contribution in [1.82, 2.24) is 9.80 Å². The first kappa shape index (κ1) is 19.9. The number of carboxylic acids is 1. The minimum Gasteiger partial charge on any atom is -0.477 e. The fourth-order valence-corrected chi connectivity index (χ4v) is 6.14. The third-order valence-electron chi connectivity index (χ3n) is 6.61. The number of amides is 1. The van der Waals surface area contributed by atoms with Gasteiger partial charge >= 0.3 is 5.97 Å². The van der Waals surface area contributed by atoms with Gasteiger partial charge in [-0.1, -0.05) is 12.8 Å². The number of nitrogens with zero attached hydrogens (tertiary/aromatic N) is 2. The number of fused-ring (bicyclic) bond motifs is 2. The van der Waals surface area contributed by atoms with Crippen LogP contribution in [0.1, 0.15) is 65.6 Å². The lowest BCUT2D eigenvalue weighted by Gasteiger charge is -2.44. The zero-order chi connectivity index (χ0) is 19.7. The molecule has 1 unspecified atom stereocenters. The Kier molecular flexibility index (Phi) is 5.76. The summed E-state index contributed by atoms with van der Waals surface area (Å²) in [7, 11) is 0. The van der Waals surface area contributed by atoms with Crippen molar-refractivity contribution in [2.75, 3.05) is 32.8 Å². The summed E-state index contributed by atoms with van der Waals surface area (Å²) in [5.41, 5.74) is 0.709. The second-order valence-electron chi connectivity index (χ2n) is 8.31. The Labute approximate surface area is 170 Å². The summed E-state index contributed by atoms with van der Waals surface area (Å²) in [6, 6.07) is 1.75. The molecule has 1 spiro atoms. The molecule has 154 valence electrons. The predicted octanol–water partition coefficient (Wildman–Crippen LogP) is 3.10. The van der Waals surface area contributed by atoms with Crippen LogP contribution in [0.3, 0.4) is 0 Å². The maximum absolute atomic E-state index is 13.1. The summed E-state index contributed by atoms with van der Waals surface area (Å²) < 4.78 is 6.22. The Morgan fingerprint density at radius 3 is 2.46 bits per heavy atom. The van der Waals surface area contributed by atoms with Crippen molar-refractivity contribution in [2.24, 2.45) is 0 Å². The fourth-order valence-electron chi connectivity index (χ4n) is 4.89. The first-order chi connectivity index (χ1) is 13.5. The van der Waals surface area contributed by atoms with E-state index >= 15 is 0 Å². The Bertz CT molecular complexity index is 731. The van der Waals surface area contributed by atoms with Gasteiger partial charge in [0, 0.05) is 18.0 Å². The molecule has 4 rings (SSSR count). The van der Waals surface area contributed by atoms with Crippen LogP contribution < -0.4 is 0 Å². The van der Waals surface area contributed by atoms with E-state index in [-0.39, 0.29) is 11.9 Å². The van der Waals surface area contributed by atoms with Crippen molar-refractivity contribution in [1.29, 1.82) is 0 Å². The van der Waals surface area contributed by atoms with E-state index in [4.69, 9.17) is 4.74 Å². The molecular formula is C21H30N2O4S. The maximum Gasteiger partial charge on any atom is 0.345 e. The van der Waals surface area contributed by atoms with Gasteiger partial charge in [-0.25, -0.2) is 4.79 Å². The molecule has 0 bridgehead atoms. The highest BCUT2D eigenvalue weighted by Gasteiger charge is 2.44. The van der Waals surface area contributed by atoms with E-state index in [1.54, 1.807) is 0 Å². The second kappa shape index (κ2) is 8.13. The van der Waals surface area contributed by atoms with Gasteiger partial charge in [0.05, 0.1) is 12.6 Å². The van der Waals surface area contributed by atoms with E-state index < -0.39 is 11.6 Å². The number of carboxylic acid groups (broad SMARTS) is 1. The molecule has 3 aliphatic rings. The Morgan fingerprint density at radius 1 is 1.14 bits per heavy atom. The Hall–Kier alpha value is -1.44. The lowest BCUT2D eigenvalue weighted by molar-refractivity contribution is -0.145. The van der Waals surface area contributed by atoms with Gasteiger partial charge in [-0.2, -0.15) is 0 Å². The Morgan fingerprint density at radius 2 is 1.82 bits per heavy atom. The van der Waals surface area contributed by atoms with Crippen molar-refractivity contribution >= 4 is 23.2 Å². The first-order valence-electron chi connectivity index (χ1n) is 10.5. The average Bonchev–Trinajstić information content (AvgIpc) is 2.97. The fraction of sp³-hybridized carbons (Fsp3) is 0.714. The summed E-state index contributed by atoms with van der Waals surface area (Å²) in [5.74, 6) is -0.640. The smallest absolute Gasteiger partial charge is 0.345 e. The second-order valence-corrected chi connectivity index (χ2v) is 9.37. The van der Waals surface area contributed by atoms with Gasteiger partial charge in [-0.15, -0.1) is 11.3 Å². The third kappa shape index (κ3) is 3.72. The van der Waals surface area contributed by atoms with Crippen LogP contribution in [0.15, 0.2) is 6.07 Å². The van der Waals surface area contributed by atoms with Crippen LogP contribution in [0, 0.1) is 0 Å². The SMILES string of the molecule is CC(C(=O)N1CCC2(CC1)OCCc1cc(C(=O)O)sc12)N1CCCCCC1. The summed E-state index contributed by atoms with van der Waals surface area (Å²) >= 11 is 1.35. The standard InChI is InChI=1S/C21H30N2O4S/c1-15(22-9-4-2-3-5-10-22)19(24)23-11-7-21(8-12-23)18-16(6-13-27-21)14-17(28-18)20(25)26/h14-15H,2-13H2,1H3,(H,25,26). The lowest BCUT2D eigenvalue weighted by atomic mass is 9.85. The average molecular weight is 407 g/mol. The molecule has 7 heteroatoms. The van der Waals surface area contributed by atoms with E-state index in [2.05, 4.69) is 4.90 Å². The molecule has 2 fully saturated rings. The molecule has 1 N–H and O–H groups in total. The van der Waals surface area contributed by atoms with Crippen molar-refractivity contribution in [2.45, 2.75) is 63.5 Å². The number of carbonyl (C=O) groups excluding carboxylic acids is 1. The molecule has 0 saturated carbocycles. The highest BCUT2D eigenvalue weighted by atomic mass is 32.1. The highest BCUT2D eigenvalue weighted by molar-refractivity contribution is 7.14. The van der Waals surface area contributed by atoms with Gasteiger partial charge in [0.25, 0.3) is 0 Å². The maximum atomic E-state index is 13.1. The van der Waals surface area contributed by atoms with E-state index in [0.29, 0.717) is 24.6 Å². The molecule has 6 nitrogen and oxygen atoms in total. The van der Waals surface area contributed by atoms with E-state index in [1.807, 2.05) is 17.9 Å². The largest absolute Gasteiger partial charge is 0.477 e. The van der Waals surface area contributed by atoms with Crippen LogP contribution in [0.5, 0.6) is 0 Å². The summed E-state index contributed by atoms with van der Waals surface area (Å²) in [4.78, 5) is 30.3. The number of hydrogen-bond acceptors (Lipinski definition) is 5. The van der Waals surface area contributed by atoms with Gasteiger partial charge in [0.2, 0.25) is 5.91 Å². The molecule has 4 heterocycles. The topological polar surface area (TPSA) is 70.1 Å². The van der Waals surface area contributed by atoms with Gasteiger partial charge in [0.15, 0.2) is 0 Å². The van der Waals surface area contributed by atoms with Crippen molar-refractivity contribution in [3.8, 4) is 0 Å². The quantitative estimate of drug-likeness (QED) is 0.835. The molecule has 0 aromatic carbocycles. The Balaban J connectivity index is 1.43. The lowest BCUT2D eigenvalue weighted by Crippen LogP contribution is -2.53. The molecule has 1 aromatic rings. The zero-order valence-corrected chi connectivity index (χ0v) is 17.4. The molecule has 2 saturated heterocycles. The third-order valence-corrected chi connectivity index (χ3v) is 7.96. The minimum absolute atomic E-state index is 0.0599. The van der Waals surface area contributed by atoms with Crippen LogP contribution in [-0.2, 0) is 21.6 Å². The van der Waals surface area contributed by atoms with Crippen LogP contribution >= 0.6 is 11.3 Å². The minimum atomic E-state index is -0.867.